The molecule has 0 aliphatic carbocycles. The van der Waals surface area contributed by atoms with Crippen molar-refractivity contribution in [1.29, 1.82) is 0 Å². The van der Waals surface area contributed by atoms with Crippen molar-refractivity contribution in [2.45, 2.75) is 20.8 Å². The highest BCUT2D eigenvalue weighted by molar-refractivity contribution is 6.31. The number of halogens is 2. The maximum Gasteiger partial charge on any atom is 0.193 e. The van der Waals surface area contributed by atoms with Gasteiger partial charge in [-0.1, -0.05) is 11.6 Å². The second-order valence-electron chi connectivity index (χ2n) is 4.71. The second-order valence-corrected chi connectivity index (χ2v) is 5.12. The van der Waals surface area contributed by atoms with Crippen molar-refractivity contribution in [3.05, 3.63) is 69.0 Å². The number of hydrogen-bond acceptors (Lipinski definition) is 1. The molecule has 3 heteroatoms. The fourth-order valence-corrected chi connectivity index (χ4v) is 2.19. The zero-order valence-corrected chi connectivity index (χ0v) is 11.8. The summed E-state index contributed by atoms with van der Waals surface area (Å²) in [5.41, 5.74) is 3.24. The van der Waals surface area contributed by atoms with Crippen LogP contribution in [-0.2, 0) is 0 Å². The van der Waals surface area contributed by atoms with Crippen LogP contribution >= 0.6 is 11.6 Å². The van der Waals surface area contributed by atoms with Crippen LogP contribution in [0.3, 0.4) is 0 Å². The van der Waals surface area contributed by atoms with E-state index in [1.165, 1.54) is 12.1 Å². The van der Waals surface area contributed by atoms with Gasteiger partial charge in [-0.15, -0.1) is 0 Å². The molecule has 0 saturated heterocycles. The summed E-state index contributed by atoms with van der Waals surface area (Å²) in [7, 11) is 0. The molecule has 19 heavy (non-hydrogen) atoms. The van der Waals surface area contributed by atoms with E-state index in [4.69, 9.17) is 11.6 Å². The summed E-state index contributed by atoms with van der Waals surface area (Å²) in [5, 5.41) is 0.643. The van der Waals surface area contributed by atoms with Gasteiger partial charge in [-0.25, -0.2) is 4.39 Å². The minimum Gasteiger partial charge on any atom is -0.289 e. The van der Waals surface area contributed by atoms with Crippen molar-refractivity contribution in [2.75, 3.05) is 0 Å². The number of hydrogen-bond donors (Lipinski definition) is 0. The lowest BCUT2D eigenvalue weighted by atomic mass is 9.96. The lowest BCUT2D eigenvalue weighted by molar-refractivity contribution is 0.103. The van der Waals surface area contributed by atoms with Gasteiger partial charge in [-0.2, -0.15) is 0 Å². The Bertz CT molecular complexity index is 662. The fraction of sp³-hybridized carbons (Fsp3) is 0.188. The highest BCUT2D eigenvalue weighted by atomic mass is 35.5. The van der Waals surface area contributed by atoms with Crippen LogP contribution in [0.2, 0.25) is 5.02 Å². The van der Waals surface area contributed by atoms with Crippen molar-refractivity contribution in [2.24, 2.45) is 0 Å². The summed E-state index contributed by atoms with van der Waals surface area (Å²) < 4.78 is 13.2. The molecular formula is C16H14ClFO. The maximum atomic E-state index is 13.2. The van der Waals surface area contributed by atoms with E-state index in [9.17, 15) is 9.18 Å². The van der Waals surface area contributed by atoms with E-state index in [0.717, 1.165) is 11.1 Å². The van der Waals surface area contributed by atoms with E-state index in [1.807, 2.05) is 13.8 Å². The highest BCUT2D eigenvalue weighted by Crippen LogP contribution is 2.23. The van der Waals surface area contributed by atoms with Gasteiger partial charge in [0, 0.05) is 16.1 Å². The van der Waals surface area contributed by atoms with Crippen LogP contribution < -0.4 is 0 Å². The van der Waals surface area contributed by atoms with Gasteiger partial charge in [0.25, 0.3) is 0 Å². The van der Waals surface area contributed by atoms with Gasteiger partial charge >= 0.3 is 0 Å². The third kappa shape index (κ3) is 2.69. The first kappa shape index (κ1) is 13.8. The molecule has 98 valence electrons. The molecule has 2 aromatic carbocycles. The zero-order valence-electron chi connectivity index (χ0n) is 11.1. The van der Waals surface area contributed by atoms with E-state index < -0.39 is 0 Å². The molecule has 2 aromatic rings. The maximum absolute atomic E-state index is 13.2. The molecule has 0 atom stereocenters. The minimum absolute atomic E-state index is 0.111. The molecule has 0 amide bonds. The lowest BCUT2D eigenvalue weighted by Gasteiger charge is -2.09. The molecule has 0 aliphatic rings. The smallest absolute Gasteiger partial charge is 0.193 e. The molecule has 0 heterocycles. The normalized spacial score (nSPS) is 10.6. The minimum atomic E-state index is -0.305. The summed E-state index contributed by atoms with van der Waals surface area (Å²) in [4.78, 5) is 12.4. The van der Waals surface area contributed by atoms with Gasteiger partial charge in [0.15, 0.2) is 5.78 Å². The van der Waals surface area contributed by atoms with Crippen LogP contribution in [0.25, 0.3) is 0 Å². The van der Waals surface area contributed by atoms with E-state index in [1.54, 1.807) is 25.1 Å². The van der Waals surface area contributed by atoms with Crippen LogP contribution in [0, 0.1) is 26.6 Å². The van der Waals surface area contributed by atoms with Gasteiger partial charge < -0.3 is 0 Å². The predicted molar refractivity (Wildman–Crippen MR) is 75.5 cm³/mol. The van der Waals surface area contributed by atoms with Gasteiger partial charge in [0.1, 0.15) is 5.82 Å². The predicted octanol–water partition coefficient (Wildman–Crippen LogP) is 4.64. The highest BCUT2D eigenvalue weighted by Gasteiger charge is 2.14. The van der Waals surface area contributed by atoms with Crippen LogP contribution in [-0.4, -0.2) is 5.78 Å². The van der Waals surface area contributed by atoms with Gasteiger partial charge in [-0.3, -0.25) is 4.79 Å². The first-order valence-electron chi connectivity index (χ1n) is 5.97. The SMILES string of the molecule is Cc1cc(C(=O)c2cc(C)c(Cl)cc2C)ccc1F. The number of aryl methyl sites for hydroxylation is 3. The molecule has 0 aliphatic heterocycles. The number of carbonyl (C=O) groups excluding carboxylic acids is 1. The third-order valence-corrected chi connectivity index (χ3v) is 3.58. The Hall–Kier alpha value is -1.67. The zero-order chi connectivity index (χ0) is 14.2. The molecule has 0 radical (unpaired) electrons. The van der Waals surface area contributed by atoms with Gasteiger partial charge in [0.2, 0.25) is 0 Å². The summed E-state index contributed by atoms with van der Waals surface area (Å²) in [6, 6.07) is 7.95. The summed E-state index contributed by atoms with van der Waals surface area (Å²) in [6.45, 7) is 5.34. The van der Waals surface area contributed by atoms with Crippen molar-refractivity contribution >= 4 is 17.4 Å². The van der Waals surface area contributed by atoms with Gasteiger partial charge in [0.05, 0.1) is 0 Å². The van der Waals surface area contributed by atoms with E-state index in [2.05, 4.69) is 0 Å². The summed E-state index contributed by atoms with van der Waals surface area (Å²) >= 11 is 6.02. The standard InChI is InChI=1S/C16H14ClFO/c1-9-8-14(17)10(2)7-13(9)16(19)12-4-5-15(18)11(3)6-12/h4-8H,1-3H3. The van der Waals surface area contributed by atoms with Crippen molar-refractivity contribution in [3.8, 4) is 0 Å². The van der Waals surface area contributed by atoms with Gasteiger partial charge in [-0.05, 0) is 67.8 Å². The molecule has 0 saturated carbocycles. The Morgan fingerprint density at radius 2 is 1.68 bits per heavy atom. The Labute approximate surface area is 117 Å². The fourth-order valence-electron chi connectivity index (χ4n) is 1.97. The monoisotopic (exact) mass is 276 g/mol. The lowest BCUT2D eigenvalue weighted by Crippen LogP contribution is -2.05. The Balaban J connectivity index is 2.49. The summed E-state index contributed by atoms with van der Waals surface area (Å²) in [6.07, 6.45) is 0. The average Bonchev–Trinajstić information content (AvgIpc) is 2.36. The topological polar surface area (TPSA) is 17.1 Å². The van der Waals surface area contributed by atoms with E-state index in [0.29, 0.717) is 21.7 Å². The number of carbonyl (C=O) groups is 1. The molecule has 0 fully saturated rings. The number of ketones is 1. The third-order valence-electron chi connectivity index (χ3n) is 3.17. The first-order chi connectivity index (χ1) is 8.90. The van der Waals surface area contributed by atoms with Crippen molar-refractivity contribution in [3.63, 3.8) is 0 Å². The van der Waals surface area contributed by atoms with Crippen LogP contribution in [0.1, 0.15) is 32.6 Å². The van der Waals surface area contributed by atoms with Crippen molar-refractivity contribution < 1.29 is 9.18 Å². The summed E-state index contributed by atoms with van der Waals surface area (Å²) in [5.74, 6) is -0.416. The molecule has 2 rings (SSSR count). The molecule has 0 aromatic heterocycles. The van der Waals surface area contributed by atoms with Crippen LogP contribution in [0.15, 0.2) is 30.3 Å². The first-order valence-corrected chi connectivity index (χ1v) is 6.35. The molecule has 0 bridgehead atoms. The number of benzene rings is 2. The van der Waals surface area contributed by atoms with Crippen LogP contribution in [0.5, 0.6) is 0 Å². The Kier molecular flexibility index (Phi) is 3.72. The average molecular weight is 277 g/mol. The van der Waals surface area contributed by atoms with Crippen LogP contribution in [0.4, 0.5) is 4.39 Å². The molecule has 0 unspecified atom stereocenters. The van der Waals surface area contributed by atoms with E-state index >= 15 is 0 Å². The van der Waals surface area contributed by atoms with Crippen molar-refractivity contribution in [1.82, 2.24) is 0 Å². The number of rotatable bonds is 2. The van der Waals surface area contributed by atoms with E-state index in [-0.39, 0.29) is 11.6 Å². The molecule has 0 spiro atoms. The quantitative estimate of drug-likeness (QED) is 0.731. The Morgan fingerprint density at radius 3 is 2.32 bits per heavy atom. The molecule has 1 nitrogen and oxygen atoms in total. The molecule has 0 N–H and O–H groups in total. The second kappa shape index (κ2) is 5.14. The molecular weight excluding hydrogens is 263 g/mol. The Morgan fingerprint density at radius 1 is 1.00 bits per heavy atom. The largest absolute Gasteiger partial charge is 0.289 e.